The van der Waals surface area contributed by atoms with Crippen LogP contribution < -0.4 is 0 Å². The number of aryl methyl sites for hydroxylation is 5. The normalized spacial score (nSPS) is 11.2. The molecule has 0 unspecified atom stereocenters. The van der Waals surface area contributed by atoms with E-state index in [1.807, 2.05) is 56.1 Å². The van der Waals surface area contributed by atoms with Crippen LogP contribution in [0.5, 0.6) is 0 Å². The molecule has 70 heavy (non-hydrogen) atoms. The topological polar surface area (TPSA) is 64.5 Å². The fraction of sp³-hybridized carbons (Fsp3) is 0.0833. The molecule has 5 aromatic carbocycles. The summed E-state index contributed by atoms with van der Waals surface area (Å²) in [7, 11) is 0. The van der Waals surface area contributed by atoms with Crippen LogP contribution >= 0.6 is 0 Å². The van der Waals surface area contributed by atoms with Gasteiger partial charge in [0.05, 0.1) is 0 Å². The maximum atomic E-state index is 4.44. The van der Waals surface area contributed by atoms with E-state index in [-0.39, 0.29) is 0 Å². The third-order valence-electron chi connectivity index (χ3n) is 12.2. The predicted molar refractivity (Wildman–Crippen MR) is 305 cm³/mol. The third-order valence-corrected chi connectivity index (χ3v) is 24.4. The van der Waals surface area contributed by atoms with Crippen molar-refractivity contribution < 1.29 is 0 Å². The molecule has 0 atom stereocenters. The van der Waals surface area contributed by atoms with Crippen LogP contribution in [-0.4, -0.2) is 97.4 Å². The Morgan fingerprint density at radius 2 is 0.829 bits per heavy atom. The van der Waals surface area contributed by atoms with Gasteiger partial charge < -0.3 is 0 Å². The number of aromatic nitrogens is 5. The molecule has 5 nitrogen and oxygen atoms in total. The van der Waals surface area contributed by atoms with Crippen LogP contribution in [0.1, 0.15) is 28.1 Å². The first kappa shape index (κ1) is 46.8. The molecule has 15 rings (SSSR count). The number of fused-ring (bicyclic) bond motifs is 15. The molecule has 0 aliphatic carbocycles. The van der Waals surface area contributed by atoms with Crippen molar-refractivity contribution >= 4 is 169 Å². The zero-order chi connectivity index (χ0) is 47.7. The molecule has 0 amide bonds. The fourth-order valence-electron chi connectivity index (χ4n) is 8.73. The third kappa shape index (κ3) is 9.63. The Morgan fingerprint density at radius 3 is 1.57 bits per heavy atom. The number of rotatable bonds is 0. The van der Waals surface area contributed by atoms with Crippen LogP contribution in [0.3, 0.4) is 0 Å². The molecular weight excluding hydrogens is 1190 g/mol. The minimum absolute atomic E-state index is 0.414. The molecule has 0 fully saturated rings. The summed E-state index contributed by atoms with van der Waals surface area (Å²) in [6.45, 7) is 10.6. The minimum atomic E-state index is 0.414. The first-order chi connectivity index (χ1) is 34.3. The Morgan fingerprint density at radius 1 is 0.300 bits per heavy atom. The summed E-state index contributed by atoms with van der Waals surface area (Å²) in [4.78, 5) is 22.0. The zero-order valence-electron chi connectivity index (χ0n) is 39.1. The summed E-state index contributed by atoms with van der Waals surface area (Å²) >= 11 is 2.17. The molecular formula is C60H45N5Se5. The maximum absolute atomic E-state index is 4.44. The van der Waals surface area contributed by atoms with Crippen molar-refractivity contribution in [3.63, 3.8) is 0 Å². The molecule has 0 spiro atoms. The molecule has 10 heterocycles. The standard InChI is InChI=1S/5C12H9NSe/c1-8-4-2-5-9-10-6-3-7-13-12(10)14-11(8)9;1-8-4-5-9-10-3-2-6-13-12(10)14-11(9)7-8;1-8-4-5-11-10(7-8)9-3-2-6-13-12(9)14-11;1-8-6-10-9-4-2-3-5-11(9)14-12(10)7-13-8;1-8-12-10(6-7-13-8)9-4-2-3-5-11(9)14-12/h5*2-7H,1H3. The number of nitrogens with zero attached hydrogens (tertiary/aromatic N) is 5. The second-order valence-corrected chi connectivity index (χ2v) is 28.0. The van der Waals surface area contributed by atoms with E-state index < -0.39 is 0 Å². The van der Waals surface area contributed by atoms with Crippen molar-refractivity contribution in [2.24, 2.45) is 0 Å². The van der Waals surface area contributed by atoms with Crippen molar-refractivity contribution in [2.75, 3.05) is 0 Å². The Hall–Kier alpha value is -5.55. The van der Waals surface area contributed by atoms with Crippen molar-refractivity contribution in [3.8, 4) is 0 Å². The van der Waals surface area contributed by atoms with E-state index in [1.54, 1.807) is 0 Å². The van der Waals surface area contributed by atoms with Crippen LogP contribution in [0.2, 0.25) is 0 Å². The van der Waals surface area contributed by atoms with Gasteiger partial charge in [-0.2, -0.15) is 0 Å². The van der Waals surface area contributed by atoms with Gasteiger partial charge in [-0.1, -0.05) is 0 Å². The molecule has 0 saturated carbocycles. The first-order valence-corrected chi connectivity index (χ1v) is 31.5. The summed E-state index contributed by atoms with van der Waals surface area (Å²) in [6.07, 6.45) is 9.61. The van der Waals surface area contributed by atoms with E-state index in [4.69, 9.17) is 0 Å². The zero-order valence-corrected chi connectivity index (χ0v) is 47.7. The van der Waals surface area contributed by atoms with E-state index in [0.717, 1.165) is 5.69 Å². The fourth-order valence-corrected chi connectivity index (χ4v) is 20.2. The van der Waals surface area contributed by atoms with Gasteiger partial charge in [-0.15, -0.1) is 0 Å². The average Bonchev–Trinajstić information content (AvgIpc) is 4.22. The van der Waals surface area contributed by atoms with E-state index in [0.29, 0.717) is 72.5 Å². The predicted octanol–water partition coefficient (Wildman–Crippen LogP) is 13.8. The molecule has 10 aromatic heterocycles. The molecule has 15 aromatic rings. The van der Waals surface area contributed by atoms with Gasteiger partial charge in [-0.05, 0) is 0 Å². The summed E-state index contributed by atoms with van der Waals surface area (Å²) in [6, 6.07) is 54.2. The van der Waals surface area contributed by atoms with Gasteiger partial charge in [0.2, 0.25) is 0 Å². The number of hydrogen-bond donors (Lipinski definition) is 0. The van der Waals surface area contributed by atoms with Crippen molar-refractivity contribution in [1.82, 2.24) is 24.9 Å². The van der Waals surface area contributed by atoms with E-state index >= 15 is 0 Å². The second kappa shape index (κ2) is 20.7. The van der Waals surface area contributed by atoms with E-state index in [1.165, 1.54) is 119 Å². The van der Waals surface area contributed by atoms with Gasteiger partial charge >= 0.3 is 440 Å². The molecule has 0 aliphatic rings. The van der Waals surface area contributed by atoms with Gasteiger partial charge in [0, 0.05) is 0 Å². The van der Waals surface area contributed by atoms with Crippen LogP contribution in [0.15, 0.2) is 183 Å². The molecule has 340 valence electrons. The number of benzene rings is 5. The number of pyridine rings is 5. The molecule has 0 N–H and O–H groups in total. The van der Waals surface area contributed by atoms with Gasteiger partial charge in [-0.3, -0.25) is 0 Å². The van der Waals surface area contributed by atoms with Crippen LogP contribution in [-0.2, 0) is 0 Å². The molecule has 0 radical (unpaired) electrons. The molecule has 10 heteroatoms. The van der Waals surface area contributed by atoms with Crippen molar-refractivity contribution in [1.29, 1.82) is 0 Å². The number of hydrogen-bond acceptors (Lipinski definition) is 5. The van der Waals surface area contributed by atoms with Crippen LogP contribution in [0.25, 0.3) is 96.9 Å². The van der Waals surface area contributed by atoms with Gasteiger partial charge in [0.15, 0.2) is 0 Å². The van der Waals surface area contributed by atoms with Crippen LogP contribution in [0.4, 0.5) is 0 Å². The monoisotopic (exact) mass is 1230 g/mol. The molecule has 0 aliphatic heterocycles. The van der Waals surface area contributed by atoms with Crippen LogP contribution in [0, 0.1) is 34.6 Å². The molecule has 0 bridgehead atoms. The summed E-state index contributed by atoms with van der Waals surface area (Å²) < 4.78 is 14.2. The Labute approximate surface area is 435 Å². The van der Waals surface area contributed by atoms with Gasteiger partial charge in [0.1, 0.15) is 0 Å². The Kier molecular flexibility index (Phi) is 13.8. The van der Waals surface area contributed by atoms with Crippen molar-refractivity contribution in [2.45, 2.75) is 34.6 Å². The summed E-state index contributed by atoms with van der Waals surface area (Å²) in [5.41, 5.74) is 6.38. The summed E-state index contributed by atoms with van der Waals surface area (Å²) in [5.74, 6) is 0. The Balaban J connectivity index is 0.0000000952. The van der Waals surface area contributed by atoms with E-state index in [9.17, 15) is 0 Å². The Bertz CT molecular complexity index is 4090. The summed E-state index contributed by atoms with van der Waals surface area (Å²) in [5, 5.41) is 13.8. The van der Waals surface area contributed by atoms with Gasteiger partial charge in [-0.25, -0.2) is 0 Å². The SMILES string of the molecule is Cc1cc2c(cn1)[se]c1ccccc12.Cc1ccc2[se]c3ncccc3c2c1.Cc1ccc2c(c1)[se]c1ncccc12.Cc1cccc2c1[se]c1ncccc12.Cc1nccc2c1[se]c1ccccc12. The average molecular weight is 1230 g/mol. The van der Waals surface area contributed by atoms with E-state index in [2.05, 4.69) is 186 Å². The first-order valence-electron chi connectivity index (χ1n) is 22.9. The molecule has 0 saturated heterocycles. The quantitative estimate of drug-likeness (QED) is 0.142. The second-order valence-electron chi connectivity index (χ2n) is 17.1. The van der Waals surface area contributed by atoms with Crippen molar-refractivity contribution in [3.05, 3.63) is 211 Å². The van der Waals surface area contributed by atoms with Gasteiger partial charge in [0.25, 0.3) is 0 Å².